The molecule has 6 nitrogen and oxygen atoms in total. The molecule has 3 atom stereocenters. The number of hydrogen-bond acceptors (Lipinski definition) is 5. The molecule has 1 saturated carbocycles. The van der Waals surface area contributed by atoms with Crippen molar-refractivity contribution in [1.82, 2.24) is 25.1 Å². The second-order valence-corrected chi connectivity index (χ2v) is 8.05. The van der Waals surface area contributed by atoms with E-state index >= 15 is 0 Å². The van der Waals surface area contributed by atoms with Crippen LogP contribution in [-0.2, 0) is 11.8 Å². The zero-order valence-corrected chi connectivity index (χ0v) is 15.8. The standard InChI is InChI=1S/C18H25N5OS/c1-12-6-4-5-7-15(12)20-17(24)13(2)25-18-22-21-16(23(18)3)14-8-10-19-11-9-14/h8-13,15H,4-7H2,1-3H3,(H,20,24). The number of nitrogens with zero attached hydrogens (tertiary/aromatic N) is 4. The molecule has 0 bridgehead atoms. The minimum Gasteiger partial charge on any atom is -0.352 e. The third-order valence-electron chi connectivity index (χ3n) is 4.86. The van der Waals surface area contributed by atoms with Crippen molar-refractivity contribution >= 4 is 17.7 Å². The maximum Gasteiger partial charge on any atom is 0.233 e. The molecule has 2 heterocycles. The molecule has 0 saturated heterocycles. The summed E-state index contributed by atoms with van der Waals surface area (Å²) in [5.74, 6) is 1.42. The smallest absolute Gasteiger partial charge is 0.233 e. The highest BCUT2D eigenvalue weighted by molar-refractivity contribution is 8.00. The molecule has 25 heavy (non-hydrogen) atoms. The van der Waals surface area contributed by atoms with Crippen LogP contribution < -0.4 is 5.32 Å². The summed E-state index contributed by atoms with van der Waals surface area (Å²) in [5, 5.41) is 12.3. The normalized spacial score (nSPS) is 21.7. The maximum absolute atomic E-state index is 12.6. The highest BCUT2D eigenvalue weighted by Gasteiger charge is 2.26. The molecular formula is C18H25N5OS. The van der Waals surface area contributed by atoms with Gasteiger partial charge in [-0.1, -0.05) is 31.5 Å². The summed E-state index contributed by atoms with van der Waals surface area (Å²) >= 11 is 1.45. The molecule has 134 valence electrons. The van der Waals surface area contributed by atoms with Gasteiger partial charge in [-0.2, -0.15) is 0 Å². The maximum atomic E-state index is 12.6. The average Bonchev–Trinajstić information content (AvgIpc) is 2.98. The molecular weight excluding hydrogens is 334 g/mol. The van der Waals surface area contributed by atoms with Crippen molar-refractivity contribution in [1.29, 1.82) is 0 Å². The van der Waals surface area contributed by atoms with E-state index in [-0.39, 0.29) is 11.2 Å². The molecule has 0 spiro atoms. The quantitative estimate of drug-likeness (QED) is 0.831. The molecule has 2 aromatic heterocycles. The summed E-state index contributed by atoms with van der Waals surface area (Å²) in [4.78, 5) is 16.6. The number of carbonyl (C=O) groups is 1. The summed E-state index contributed by atoms with van der Waals surface area (Å²) in [6.07, 6.45) is 8.23. The first kappa shape index (κ1) is 17.9. The molecule has 0 radical (unpaired) electrons. The Balaban J connectivity index is 1.64. The van der Waals surface area contributed by atoms with Crippen LogP contribution in [0, 0.1) is 5.92 Å². The van der Waals surface area contributed by atoms with Crippen LogP contribution in [0.2, 0.25) is 0 Å². The molecule has 2 aromatic rings. The molecule has 7 heteroatoms. The van der Waals surface area contributed by atoms with E-state index in [1.807, 2.05) is 30.7 Å². The van der Waals surface area contributed by atoms with E-state index in [0.29, 0.717) is 12.0 Å². The Morgan fingerprint density at radius 2 is 2.00 bits per heavy atom. The second kappa shape index (κ2) is 7.99. The Hall–Kier alpha value is -1.89. The zero-order chi connectivity index (χ0) is 17.8. The molecule has 1 fully saturated rings. The SMILES string of the molecule is CC(Sc1nnc(-c2ccncc2)n1C)C(=O)NC1CCCCC1C. The van der Waals surface area contributed by atoms with Gasteiger partial charge in [-0.05, 0) is 37.8 Å². The van der Waals surface area contributed by atoms with Gasteiger partial charge in [0.2, 0.25) is 5.91 Å². The fourth-order valence-corrected chi connectivity index (χ4v) is 4.04. The van der Waals surface area contributed by atoms with E-state index < -0.39 is 0 Å². The van der Waals surface area contributed by atoms with E-state index in [4.69, 9.17) is 0 Å². The van der Waals surface area contributed by atoms with Crippen LogP contribution in [0.25, 0.3) is 11.4 Å². The van der Waals surface area contributed by atoms with Gasteiger partial charge in [0.1, 0.15) is 0 Å². The highest BCUT2D eigenvalue weighted by atomic mass is 32.2. The van der Waals surface area contributed by atoms with Crippen molar-refractivity contribution in [3.8, 4) is 11.4 Å². The van der Waals surface area contributed by atoms with Crippen molar-refractivity contribution in [2.24, 2.45) is 13.0 Å². The minimum absolute atomic E-state index is 0.0808. The van der Waals surface area contributed by atoms with E-state index in [2.05, 4.69) is 27.4 Å². The first-order valence-electron chi connectivity index (χ1n) is 8.83. The summed E-state index contributed by atoms with van der Waals surface area (Å²) in [7, 11) is 1.92. The first-order valence-corrected chi connectivity index (χ1v) is 9.71. The largest absolute Gasteiger partial charge is 0.352 e. The third-order valence-corrected chi connectivity index (χ3v) is 6.00. The van der Waals surface area contributed by atoms with E-state index in [1.165, 1.54) is 31.0 Å². The molecule has 3 unspecified atom stereocenters. The lowest BCUT2D eigenvalue weighted by Gasteiger charge is -2.30. The Morgan fingerprint density at radius 3 is 2.72 bits per heavy atom. The lowest BCUT2D eigenvalue weighted by molar-refractivity contribution is -0.121. The topological polar surface area (TPSA) is 72.7 Å². The Bertz CT molecular complexity index is 718. The van der Waals surface area contributed by atoms with Crippen LogP contribution >= 0.6 is 11.8 Å². The molecule has 1 N–H and O–H groups in total. The lowest BCUT2D eigenvalue weighted by atomic mass is 9.86. The van der Waals surface area contributed by atoms with E-state index in [0.717, 1.165) is 23.0 Å². The molecule has 0 aromatic carbocycles. The summed E-state index contributed by atoms with van der Waals surface area (Å²) in [5.41, 5.74) is 0.963. The number of thioether (sulfide) groups is 1. The van der Waals surface area contributed by atoms with E-state index in [1.54, 1.807) is 12.4 Å². The van der Waals surface area contributed by atoms with Gasteiger partial charge in [0.25, 0.3) is 0 Å². The Morgan fingerprint density at radius 1 is 1.28 bits per heavy atom. The number of pyridine rings is 1. The van der Waals surface area contributed by atoms with Crippen LogP contribution in [0.15, 0.2) is 29.7 Å². The zero-order valence-electron chi connectivity index (χ0n) is 15.0. The summed E-state index contributed by atoms with van der Waals surface area (Å²) in [6.45, 7) is 4.15. The summed E-state index contributed by atoms with van der Waals surface area (Å²) < 4.78 is 1.92. The fourth-order valence-electron chi connectivity index (χ4n) is 3.21. The summed E-state index contributed by atoms with van der Waals surface area (Å²) in [6, 6.07) is 4.11. The monoisotopic (exact) mass is 359 g/mol. The number of aromatic nitrogens is 4. The number of rotatable bonds is 5. The third kappa shape index (κ3) is 4.21. The number of hydrogen-bond donors (Lipinski definition) is 1. The van der Waals surface area contributed by atoms with Crippen molar-refractivity contribution in [2.45, 2.75) is 56.0 Å². The van der Waals surface area contributed by atoms with Crippen molar-refractivity contribution < 1.29 is 4.79 Å². The fraction of sp³-hybridized carbons (Fsp3) is 0.556. The van der Waals surface area contributed by atoms with Crippen LogP contribution in [-0.4, -0.2) is 36.9 Å². The van der Waals surface area contributed by atoms with Gasteiger partial charge < -0.3 is 9.88 Å². The van der Waals surface area contributed by atoms with Crippen molar-refractivity contribution in [2.75, 3.05) is 0 Å². The van der Waals surface area contributed by atoms with E-state index in [9.17, 15) is 4.79 Å². The second-order valence-electron chi connectivity index (χ2n) is 6.74. The van der Waals surface area contributed by atoms with Crippen LogP contribution in [0.3, 0.4) is 0 Å². The van der Waals surface area contributed by atoms with Crippen LogP contribution in [0.5, 0.6) is 0 Å². The van der Waals surface area contributed by atoms with Gasteiger partial charge in [-0.15, -0.1) is 10.2 Å². The van der Waals surface area contributed by atoms with Gasteiger partial charge in [0.15, 0.2) is 11.0 Å². The van der Waals surface area contributed by atoms with Gasteiger partial charge in [0, 0.05) is 31.0 Å². The lowest BCUT2D eigenvalue weighted by Crippen LogP contribution is -2.44. The Kier molecular flexibility index (Phi) is 5.73. The molecule has 1 aliphatic carbocycles. The number of nitrogens with one attached hydrogen (secondary N) is 1. The van der Waals surface area contributed by atoms with Gasteiger partial charge in [0.05, 0.1) is 5.25 Å². The number of amides is 1. The number of carbonyl (C=O) groups excluding carboxylic acids is 1. The van der Waals surface area contributed by atoms with Crippen molar-refractivity contribution in [3.63, 3.8) is 0 Å². The van der Waals surface area contributed by atoms with Crippen LogP contribution in [0.1, 0.15) is 39.5 Å². The Labute approximate surface area is 152 Å². The van der Waals surface area contributed by atoms with Gasteiger partial charge in [-0.25, -0.2) is 0 Å². The molecule has 3 rings (SSSR count). The minimum atomic E-state index is -0.206. The highest BCUT2D eigenvalue weighted by Crippen LogP contribution is 2.27. The molecule has 1 aliphatic rings. The predicted octanol–water partition coefficient (Wildman–Crippen LogP) is 3.05. The molecule has 0 aliphatic heterocycles. The predicted molar refractivity (Wildman–Crippen MR) is 99.1 cm³/mol. The average molecular weight is 359 g/mol. The first-order chi connectivity index (χ1) is 12.1. The van der Waals surface area contributed by atoms with Gasteiger partial charge in [-0.3, -0.25) is 9.78 Å². The molecule has 1 amide bonds. The van der Waals surface area contributed by atoms with Gasteiger partial charge >= 0.3 is 0 Å². The van der Waals surface area contributed by atoms with Crippen LogP contribution in [0.4, 0.5) is 0 Å². The van der Waals surface area contributed by atoms with Crippen molar-refractivity contribution in [3.05, 3.63) is 24.5 Å².